The Kier molecular flexibility index (Phi) is 5.99. The van der Waals surface area contributed by atoms with E-state index >= 15 is 0 Å². The van der Waals surface area contributed by atoms with Crippen molar-refractivity contribution in [3.05, 3.63) is 58.7 Å². The van der Waals surface area contributed by atoms with Gasteiger partial charge in [0.15, 0.2) is 0 Å². The fourth-order valence-electron chi connectivity index (χ4n) is 3.03. The monoisotopic (exact) mass is 365 g/mol. The van der Waals surface area contributed by atoms with Gasteiger partial charge in [-0.2, -0.15) is 5.26 Å². The number of carbonyl (C=O) groups is 1. The van der Waals surface area contributed by atoms with Crippen molar-refractivity contribution in [1.82, 2.24) is 20.2 Å². The third kappa shape index (κ3) is 4.80. The standard InChI is InChI=1S/C20H23N5O2/c1-14(13-26)7-19-22-11-17-5-6-25(12-18(17)24-19)20(27)23-10-16-4-2-3-15(8-16)9-21/h2-4,8,11,14,26H,5-7,10,12-13H2,1H3,(H,23,27)/t14-/m1/s1. The fraction of sp³-hybridized carbons (Fsp3) is 0.400. The van der Waals surface area contributed by atoms with Gasteiger partial charge in [0.1, 0.15) is 5.82 Å². The van der Waals surface area contributed by atoms with Crippen LogP contribution in [0.2, 0.25) is 0 Å². The van der Waals surface area contributed by atoms with Gasteiger partial charge in [-0.1, -0.05) is 19.1 Å². The smallest absolute Gasteiger partial charge is 0.318 e. The third-order valence-electron chi connectivity index (χ3n) is 4.63. The molecule has 0 radical (unpaired) electrons. The second kappa shape index (κ2) is 8.60. The van der Waals surface area contributed by atoms with Crippen molar-refractivity contribution >= 4 is 6.03 Å². The number of nitrogens with zero attached hydrogens (tertiary/aromatic N) is 4. The van der Waals surface area contributed by atoms with Crippen molar-refractivity contribution in [3.63, 3.8) is 0 Å². The average Bonchev–Trinajstić information content (AvgIpc) is 2.71. The first-order chi connectivity index (χ1) is 13.1. The van der Waals surface area contributed by atoms with Crippen LogP contribution in [0.4, 0.5) is 4.79 Å². The molecule has 2 aromatic rings. The summed E-state index contributed by atoms with van der Waals surface area (Å²) in [5.74, 6) is 0.807. The molecule has 0 saturated carbocycles. The van der Waals surface area contributed by atoms with E-state index in [4.69, 9.17) is 5.26 Å². The van der Waals surface area contributed by atoms with Crippen LogP contribution in [-0.4, -0.2) is 39.2 Å². The summed E-state index contributed by atoms with van der Waals surface area (Å²) in [4.78, 5) is 23.2. The van der Waals surface area contributed by atoms with Gasteiger partial charge in [0.25, 0.3) is 0 Å². The molecule has 2 N–H and O–H groups in total. The van der Waals surface area contributed by atoms with Crippen LogP contribution in [0.1, 0.15) is 35.1 Å². The van der Waals surface area contributed by atoms with Gasteiger partial charge in [-0.15, -0.1) is 0 Å². The first-order valence-corrected chi connectivity index (χ1v) is 9.05. The van der Waals surface area contributed by atoms with Crippen LogP contribution in [0, 0.1) is 17.2 Å². The Morgan fingerprint density at radius 1 is 1.48 bits per heavy atom. The van der Waals surface area contributed by atoms with Gasteiger partial charge in [-0.25, -0.2) is 14.8 Å². The number of urea groups is 1. The lowest BCUT2D eigenvalue weighted by atomic mass is 10.1. The summed E-state index contributed by atoms with van der Waals surface area (Å²) in [6.45, 7) is 3.49. The highest BCUT2D eigenvalue weighted by Crippen LogP contribution is 2.17. The number of rotatable bonds is 5. The SMILES string of the molecule is C[C@@H](CO)Cc1ncc2c(n1)CN(C(=O)NCc1cccc(C#N)c1)CC2. The number of aliphatic hydroxyl groups excluding tert-OH is 1. The first kappa shape index (κ1) is 18.8. The van der Waals surface area contributed by atoms with E-state index in [0.717, 1.165) is 23.2 Å². The summed E-state index contributed by atoms with van der Waals surface area (Å²) in [6, 6.07) is 9.15. The third-order valence-corrected chi connectivity index (χ3v) is 4.63. The van der Waals surface area contributed by atoms with Gasteiger partial charge in [0.2, 0.25) is 0 Å². The molecule has 1 aliphatic heterocycles. The van der Waals surface area contributed by atoms with Crippen LogP contribution in [0.3, 0.4) is 0 Å². The molecule has 0 bridgehead atoms. The molecule has 1 atom stereocenters. The maximum Gasteiger partial charge on any atom is 0.318 e. The van der Waals surface area contributed by atoms with Crippen molar-refractivity contribution < 1.29 is 9.90 Å². The van der Waals surface area contributed by atoms with Crippen LogP contribution in [-0.2, 0) is 25.9 Å². The lowest BCUT2D eigenvalue weighted by Gasteiger charge is -2.28. The molecule has 1 aliphatic rings. The summed E-state index contributed by atoms with van der Waals surface area (Å²) in [5.41, 5.74) is 3.41. The molecule has 27 heavy (non-hydrogen) atoms. The molecule has 0 spiro atoms. The van der Waals surface area contributed by atoms with Crippen LogP contribution in [0.25, 0.3) is 0 Å². The largest absolute Gasteiger partial charge is 0.396 e. The molecule has 1 aromatic carbocycles. The minimum atomic E-state index is -0.146. The number of hydrogen-bond acceptors (Lipinski definition) is 5. The number of fused-ring (bicyclic) bond motifs is 1. The lowest BCUT2D eigenvalue weighted by molar-refractivity contribution is 0.190. The minimum Gasteiger partial charge on any atom is -0.396 e. The zero-order chi connectivity index (χ0) is 19.2. The maximum atomic E-state index is 12.5. The van der Waals surface area contributed by atoms with Gasteiger partial charge < -0.3 is 15.3 Å². The highest BCUT2D eigenvalue weighted by Gasteiger charge is 2.22. The number of benzene rings is 1. The Labute approximate surface area is 158 Å². The Balaban J connectivity index is 1.61. The first-order valence-electron chi connectivity index (χ1n) is 9.05. The molecular weight excluding hydrogens is 342 g/mol. The van der Waals surface area contributed by atoms with E-state index in [-0.39, 0.29) is 18.6 Å². The molecule has 0 saturated heterocycles. The normalized spacial score (nSPS) is 14.2. The Hall–Kier alpha value is -2.98. The Morgan fingerprint density at radius 3 is 3.11 bits per heavy atom. The van der Waals surface area contributed by atoms with E-state index in [1.807, 2.05) is 25.3 Å². The summed E-state index contributed by atoms with van der Waals surface area (Å²) in [6.07, 6.45) is 3.18. The van der Waals surface area contributed by atoms with E-state index in [1.54, 1.807) is 17.0 Å². The summed E-state index contributed by atoms with van der Waals surface area (Å²) < 4.78 is 0. The number of nitriles is 1. The summed E-state index contributed by atoms with van der Waals surface area (Å²) in [5, 5.41) is 21.1. The summed E-state index contributed by atoms with van der Waals surface area (Å²) >= 11 is 0. The van der Waals surface area contributed by atoms with Crippen LogP contribution >= 0.6 is 0 Å². The van der Waals surface area contributed by atoms with E-state index in [0.29, 0.717) is 37.4 Å². The average molecular weight is 365 g/mol. The number of aromatic nitrogens is 2. The zero-order valence-electron chi connectivity index (χ0n) is 15.4. The minimum absolute atomic E-state index is 0.0992. The van der Waals surface area contributed by atoms with Crippen molar-refractivity contribution in [2.24, 2.45) is 5.92 Å². The molecule has 7 nitrogen and oxygen atoms in total. The van der Waals surface area contributed by atoms with Gasteiger partial charge in [0, 0.05) is 32.3 Å². The molecule has 140 valence electrons. The molecule has 0 unspecified atom stereocenters. The number of carbonyl (C=O) groups excluding carboxylic acids is 1. The predicted octanol–water partition coefficient (Wildman–Crippen LogP) is 1.79. The molecule has 2 heterocycles. The van der Waals surface area contributed by atoms with Crippen molar-refractivity contribution in [1.29, 1.82) is 5.26 Å². The van der Waals surface area contributed by atoms with Gasteiger partial charge in [-0.3, -0.25) is 0 Å². The number of nitrogens with one attached hydrogen (secondary N) is 1. The lowest BCUT2D eigenvalue weighted by Crippen LogP contribution is -2.42. The van der Waals surface area contributed by atoms with Gasteiger partial charge in [0.05, 0.1) is 23.9 Å². The molecule has 0 fully saturated rings. The molecule has 3 rings (SSSR count). The molecule has 7 heteroatoms. The second-order valence-corrected chi connectivity index (χ2v) is 6.89. The fourth-order valence-corrected chi connectivity index (χ4v) is 3.03. The van der Waals surface area contributed by atoms with Crippen LogP contribution in [0.5, 0.6) is 0 Å². The molecule has 1 aromatic heterocycles. The molecular formula is C20H23N5O2. The maximum absolute atomic E-state index is 12.5. The highest BCUT2D eigenvalue weighted by molar-refractivity contribution is 5.74. The zero-order valence-corrected chi connectivity index (χ0v) is 15.4. The van der Waals surface area contributed by atoms with E-state index in [1.165, 1.54) is 0 Å². The van der Waals surface area contributed by atoms with Crippen molar-refractivity contribution in [2.45, 2.75) is 32.9 Å². The number of amides is 2. The second-order valence-electron chi connectivity index (χ2n) is 6.89. The van der Waals surface area contributed by atoms with E-state index in [9.17, 15) is 9.90 Å². The molecule has 0 aliphatic carbocycles. The predicted molar refractivity (Wildman–Crippen MR) is 99.5 cm³/mol. The van der Waals surface area contributed by atoms with Gasteiger partial charge in [-0.05, 0) is 35.6 Å². The molecule has 2 amide bonds. The van der Waals surface area contributed by atoms with Crippen molar-refractivity contribution in [3.8, 4) is 6.07 Å². The van der Waals surface area contributed by atoms with E-state index < -0.39 is 0 Å². The number of hydrogen-bond donors (Lipinski definition) is 2. The van der Waals surface area contributed by atoms with Crippen molar-refractivity contribution in [2.75, 3.05) is 13.2 Å². The number of aliphatic hydroxyl groups is 1. The van der Waals surface area contributed by atoms with Gasteiger partial charge >= 0.3 is 6.03 Å². The highest BCUT2D eigenvalue weighted by atomic mass is 16.3. The van der Waals surface area contributed by atoms with Crippen LogP contribution in [0.15, 0.2) is 30.5 Å². The Bertz CT molecular complexity index is 862. The van der Waals surface area contributed by atoms with Crippen LogP contribution < -0.4 is 5.32 Å². The topological polar surface area (TPSA) is 102 Å². The Morgan fingerprint density at radius 2 is 2.33 bits per heavy atom. The summed E-state index contributed by atoms with van der Waals surface area (Å²) in [7, 11) is 0. The van der Waals surface area contributed by atoms with E-state index in [2.05, 4.69) is 21.4 Å². The quantitative estimate of drug-likeness (QED) is 0.841.